The van der Waals surface area contributed by atoms with Crippen molar-refractivity contribution in [3.05, 3.63) is 35.0 Å². The maximum Gasteiger partial charge on any atom is 0.0485 e. The number of benzene rings is 1. The zero-order chi connectivity index (χ0) is 15.4. The van der Waals surface area contributed by atoms with E-state index < -0.39 is 0 Å². The largest absolute Gasteiger partial charge is 0.344 e. The van der Waals surface area contributed by atoms with E-state index in [4.69, 9.17) is 0 Å². The maximum absolute atomic E-state index is 3.50. The van der Waals surface area contributed by atoms with Crippen LogP contribution in [-0.2, 0) is 13.1 Å². The minimum atomic E-state index is 0.527. The molecule has 0 atom stereocenters. The van der Waals surface area contributed by atoms with Gasteiger partial charge in [-0.1, -0.05) is 26.8 Å². The Morgan fingerprint density at radius 2 is 2.00 bits per heavy atom. The van der Waals surface area contributed by atoms with Crippen LogP contribution in [0, 0.1) is 13.8 Å². The molecule has 116 valence electrons. The number of aromatic nitrogens is 1. The quantitative estimate of drug-likeness (QED) is 0.758. The van der Waals surface area contributed by atoms with Crippen LogP contribution in [0.3, 0.4) is 0 Å². The third-order valence-corrected chi connectivity index (χ3v) is 4.96. The average molecular weight is 305 g/mol. The van der Waals surface area contributed by atoms with Gasteiger partial charge < -0.3 is 9.88 Å². The molecule has 21 heavy (non-hydrogen) atoms. The van der Waals surface area contributed by atoms with Gasteiger partial charge in [0.15, 0.2) is 0 Å². The van der Waals surface area contributed by atoms with Crippen LogP contribution in [-0.4, -0.2) is 22.1 Å². The van der Waals surface area contributed by atoms with Crippen molar-refractivity contribution in [2.75, 3.05) is 11.5 Å². The van der Waals surface area contributed by atoms with E-state index in [1.807, 2.05) is 11.8 Å². The first-order chi connectivity index (χ1) is 10.0. The molecular weight excluding hydrogens is 276 g/mol. The van der Waals surface area contributed by atoms with E-state index >= 15 is 0 Å². The SMILES string of the molecule is CCSCCn1c(C)c(C)c2cc(CNC(C)C)ccc21. The van der Waals surface area contributed by atoms with E-state index in [0.29, 0.717) is 6.04 Å². The molecule has 2 aromatic rings. The van der Waals surface area contributed by atoms with Gasteiger partial charge in [-0.25, -0.2) is 0 Å². The van der Waals surface area contributed by atoms with Gasteiger partial charge in [0.1, 0.15) is 0 Å². The summed E-state index contributed by atoms with van der Waals surface area (Å²) in [5.41, 5.74) is 5.60. The Kier molecular flexibility index (Phi) is 5.77. The summed E-state index contributed by atoms with van der Waals surface area (Å²) < 4.78 is 2.48. The van der Waals surface area contributed by atoms with Gasteiger partial charge in [-0.15, -0.1) is 0 Å². The third-order valence-electron chi connectivity index (χ3n) is 4.08. The minimum Gasteiger partial charge on any atom is -0.344 e. The van der Waals surface area contributed by atoms with Crippen molar-refractivity contribution in [3.63, 3.8) is 0 Å². The number of hydrogen-bond acceptors (Lipinski definition) is 2. The number of hydrogen-bond donors (Lipinski definition) is 1. The summed E-state index contributed by atoms with van der Waals surface area (Å²) in [6.07, 6.45) is 0. The van der Waals surface area contributed by atoms with Crippen molar-refractivity contribution in [1.29, 1.82) is 0 Å². The van der Waals surface area contributed by atoms with Crippen molar-refractivity contribution in [3.8, 4) is 0 Å². The molecule has 1 aromatic heterocycles. The Balaban J connectivity index is 2.28. The van der Waals surface area contributed by atoms with Gasteiger partial charge in [0, 0.05) is 41.5 Å². The van der Waals surface area contributed by atoms with Crippen LogP contribution in [0.15, 0.2) is 18.2 Å². The first-order valence-corrected chi connectivity index (χ1v) is 9.09. The molecule has 0 saturated heterocycles. The minimum absolute atomic E-state index is 0.527. The molecule has 0 aliphatic rings. The number of nitrogens with one attached hydrogen (secondary N) is 1. The molecule has 0 saturated carbocycles. The van der Waals surface area contributed by atoms with Gasteiger partial charge in [0.05, 0.1) is 0 Å². The number of rotatable bonds is 7. The van der Waals surface area contributed by atoms with E-state index in [-0.39, 0.29) is 0 Å². The molecule has 2 rings (SSSR count). The molecule has 0 amide bonds. The molecule has 3 heteroatoms. The Labute approximate surface area is 133 Å². The highest BCUT2D eigenvalue weighted by Crippen LogP contribution is 2.26. The molecular formula is C18H28N2S. The summed E-state index contributed by atoms with van der Waals surface area (Å²) in [6, 6.07) is 7.44. The van der Waals surface area contributed by atoms with Crippen molar-refractivity contribution in [2.24, 2.45) is 0 Å². The lowest BCUT2D eigenvalue weighted by atomic mass is 10.1. The average Bonchev–Trinajstić information content (AvgIpc) is 2.70. The number of nitrogens with zero attached hydrogens (tertiary/aromatic N) is 1. The first-order valence-electron chi connectivity index (χ1n) is 7.94. The fourth-order valence-electron chi connectivity index (χ4n) is 2.72. The van der Waals surface area contributed by atoms with E-state index in [1.165, 1.54) is 39.2 Å². The number of thioether (sulfide) groups is 1. The predicted molar refractivity (Wildman–Crippen MR) is 96.4 cm³/mol. The molecule has 0 radical (unpaired) electrons. The molecule has 0 aliphatic carbocycles. The van der Waals surface area contributed by atoms with Gasteiger partial charge in [-0.3, -0.25) is 0 Å². The standard InChI is InChI=1S/C18H28N2S/c1-6-21-10-9-20-15(5)14(4)17-11-16(7-8-18(17)20)12-19-13(2)3/h7-8,11,13,19H,6,9-10,12H2,1-5H3. The Hall–Kier alpha value is -0.930. The molecule has 0 aliphatic heterocycles. The highest BCUT2D eigenvalue weighted by molar-refractivity contribution is 7.99. The van der Waals surface area contributed by atoms with E-state index in [1.54, 1.807) is 0 Å². The van der Waals surface area contributed by atoms with Crippen LogP contribution in [0.5, 0.6) is 0 Å². The van der Waals surface area contributed by atoms with E-state index in [0.717, 1.165) is 13.1 Å². The lowest BCUT2D eigenvalue weighted by Gasteiger charge is -2.10. The maximum atomic E-state index is 3.50. The monoisotopic (exact) mass is 304 g/mol. The Morgan fingerprint density at radius 1 is 1.24 bits per heavy atom. The van der Waals surface area contributed by atoms with Crippen LogP contribution in [0.2, 0.25) is 0 Å². The summed E-state index contributed by atoms with van der Waals surface area (Å²) in [5, 5.41) is 4.91. The molecule has 0 fully saturated rings. The van der Waals surface area contributed by atoms with Crippen molar-refractivity contribution >= 4 is 22.7 Å². The molecule has 1 heterocycles. The number of fused-ring (bicyclic) bond motifs is 1. The van der Waals surface area contributed by atoms with Crippen molar-refractivity contribution < 1.29 is 0 Å². The van der Waals surface area contributed by atoms with Crippen molar-refractivity contribution in [2.45, 2.75) is 53.8 Å². The second-order valence-electron chi connectivity index (χ2n) is 5.95. The van der Waals surface area contributed by atoms with Crippen LogP contribution in [0.4, 0.5) is 0 Å². The van der Waals surface area contributed by atoms with Crippen molar-refractivity contribution in [1.82, 2.24) is 9.88 Å². The summed E-state index contributed by atoms with van der Waals surface area (Å²) in [7, 11) is 0. The molecule has 0 bridgehead atoms. The highest BCUT2D eigenvalue weighted by Gasteiger charge is 2.11. The summed E-state index contributed by atoms with van der Waals surface area (Å²) >= 11 is 2.01. The molecule has 1 aromatic carbocycles. The number of aryl methyl sites for hydroxylation is 2. The normalized spacial score (nSPS) is 11.7. The molecule has 0 spiro atoms. The fraction of sp³-hybridized carbons (Fsp3) is 0.556. The summed E-state index contributed by atoms with van der Waals surface area (Å²) in [5.74, 6) is 2.39. The first kappa shape index (κ1) is 16.4. The second kappa shape index (κ2) is 7.37. The Morgan fingerprint density at radius 3 is 2.67 bits per heavy atom. The van der Waals surface area contributed by atoms with Crippen LogP contribution in [0.1, 0.15) is 37.6 Å². The summed E-state index contributed by atoms with van der Waals surface area (Å²) in [6.45, 7) is 13.2. The van der Waals surface area contributed by atoms with Gasteiger partial charge >= 0.3 is 0 Å². The molecule has 2 nitrogen and oxygen atoms in total. The lowest BCUT2D eigenvalue weighted by molar-refractivity contribution is 0.589. The van der Waals surface area contributed by atoms with Gasteiger partial charge in [-0.2, -0.15) is 11.8 Å². The highest BCUT2D eigenvalue weighted by atomic mass is 32.2. The van der Waals surface area contributed by atoms with Gasteiger partial charge in [0.25, 0.3) is 0 Å². The van der Waals surface area contributed by atoms with Crippen LogP contribution >= 0.6 is 11.8 Å². The fourth-order valence-corrected chi connectivity index (χ4v) is 3.32. The topological polar surface area (TPSA) is 17.0 Å². The zero-order valence-corrected chi connectivity index (χ0v) is 14.8. The predicted octanol–water partition coefficient (Wildman–Crippen LogP) is 4.51. The Bertz CT molecular complexity index is 599. The van der Waals surface area contributed by atoms with Crippen LogP contribution < -0.4 is 5.32 Å². The smallest absolute Gasteiger partial charge is 0.0485 e. The third kappa shape index (κ3) is 3.83. The molecule has 1 N–H and O–H groups in total. The van der Waals surface area contributed by atoms with Gasteiger partial charge in [0.2, 0.25) is 0 Å². The molecule has 0 unspecified atom stereocenters. The van der Waals surface area contributed by atoms with Crippen LogP contribution in [0.25, 0.3) is 10.9 Å². The lowest BCUT2D eigenvalue weighted by Crippen LogP contribution is -2.21. The van der Waals surface area contributed by atoms with Gasteiger partial charge in [-0.05, 0) is 42.9 Å². The van der Waals surface area contributed by atoms with E-state index in [9.17, 15) is 0 Å². The summed E-state index contributed by atoms with van der Waals surface area (Å²) in [4.78, 5) is 0. The van der Waals surface area contributed by atoms with E-state index in [2.05, 4.69) is 62.7 Å². The second-order valence-corrected chi connectivity index (χ2v) is 7.34. The zero-order valence-electron chi connectivity index (χ0n) is 14.0.